The van der Waals surface area contributed by atoms with E-state index in [2.05, 4.69) is 28.7 Å². The van der Waals surface area contributed by atoms with Crippen molar-refractivity contribution in [2.45, 2.75) is 33.2 Å². The maximum Gasteiger partial charge on any atom is 0.141 e. The quantitative estimate of drug-likeness (QED) is 0.791. The van der Waals surface area contributed by atoms with Gasteiger partial charge in [-0.15, -0.1) is 11.3 Å². The Hall–Kier alpha value is -0.710. The third-order valence-electron chi connectivity index (χ3n) is 3.54. The van der Waals surface area contributed by atoms with Crippen LogP contribution in [0.15, 0.2) is 0 Å². The first-order chi connectivity index (χ1) is 8.72. The highest BCUT2D eigenvalue weighted by Gasteiger charge is 2.22. The van der Waals surface area contributed by atoms with Crippen LogP contribution < -0.4 is 0 Å². The monoisotopic (exact) mass is 281 g/mol. The predicted octanol–water partition coefficient (Wildman–Crippen LogP) is 3.29. The Morgan fingerprint density at radius 1 is 1.33 bits per heavy atom. The molecule has 0 aliphatic carbocycles. The van der Waals surface area contributed by atoms with E-state index < -0.39 is 0 Å². The first-order valence-corrected chi connectivity index (χ1v) is 7.61. The number of aromatic nitrogens is 2. The lowest BCUT2D eigenvalue weighted by atomic mass is 10.1. The highest BCUT2D eigenvalue weighted by Crippen LogP contribution is 2.37. The molecule has 0 radical (unpaired) electrons. The zero-order chi connectivity index (χ0) is 12.7. The van der Waals surface area contributed by atoms with E-state index in [9.17, 15) is 0 Å². The zero-order valence-electron chi connectivity index (χ0n) is 10.7. The van der Waals surface area contributed by atoms with E-state index in [4.69, 9.17) is 11.6 Å². The lowest BCUT2D eigenvalue weighted by Crippen LogP contribution is -2.29. The van der Waals surface area contributed by atoms with Crippen LogP contribution in [-0.2, 0) is 19.4 Å². The number of thiophene rings is 1. The summed E-state index contributed by atoms with van der Waals surface area (Å²) in [6.45, 7) is 7.52. The number of halogens is 1. The first kappa shape index (κ1) is 12.3. The Morgan fingerprint density at radius 2 is 2.17 bits per heavy atom. The van der Waals surface area contributed by atoms with Crippen LogP contribution >= 0.6 is 22.9 Å². The van der Waals surface area contributed by atoms with Gasteiger partial charge in [0.1, 0.15) is 15.8 Å². The Kier molecular flexibility index (Phi) is 3.26. The minimum atomic E-state index is 0.638. The molecule has 0 aromatic carbocycles. The van der Waals surface area contributed by atoms with Gasteiger partial charge in [0.15, 0.2) is 0 Å². The average Bonchev–Trinajstić information content (AvgIpc) is 2.75. The molecule has 0 saturated carbocycles. The fourth-order valence-corrected chi connectivity index (χ4v) is 4.11. The van der Waals surface area contributed by atoms with Crippen molar-refractivity contribution in [1.82, 2.24) is 14.9 Å². The van der Waals surface area contributed by atoms with Crippen LogP contribution in [0.25, 0.3) is 10.2 Å². The van der Waals surface area contributed by atoms with Crippen molar-refractivity contribution in [2.75, 3.05) is 13.1 Å². The Morgan fingerprint density at radius 3 is 2.89 bits per heavy atom. The first-order valence-electron chi connectivity index (χ1n) is 6.42. The minimum absolute atomic E-state index is 0.638. The molecule has 2 aromatic heterocycles. The number of fused-ring (bicyclic) bond motifs is 3. The van der Waals surface area contributed by atoms with Gasteiger partial charge in [-0.2, -0.15) is 0 Å². The molecule has 0 N–H and O–H groups in total. The van der Waals surface area contributed by atoms with Crippen molar-refractivity contribution >= 4 is 33.2 Å². The van der Waals surface area contributed by atoms with E-state index in [0.717, 1.165) is 48.5 Å². The second kappa shape index (κ2) is 4.76. The highest BCUT2D eigenvalue weighted by atomic mass is 35.5. The smallest absolute Gasteiger partial charge is 0.141 e. The van der Waals surface area contributed by atoms with Crippen LogP contribution in [0.5, 0.6) is 0 Å². The molecular weight excluding hydrogens is 266 g/mol. The molecule has 1 aliphatic heterocycles. The van der Waals surface area contributed by atoms with Crippen LogP contribution in [0, 0.1) is 0 Å². The second-order valence-electron chi connectivity index (χ2n) is 4.59. The molecule has 0 atom stereocenters. The van der Waals surface area contributed by atoms with E-state index in [-0.39, 0.29) is 0 Å². The van der Waals surface area contributed by atoms with Crippen molar-refractivity contribution in [1.29, 1.82) is 0 Å². The zero-order valence-corrected chi connectivity index (χ0v) is 12.2. The highest BCUT2D eigenvalue weighted by molar-refractivity contribution is 7.19. The number of nitrogens with zero attached hydrogens (tertiary/aromatic N) is 3. The van der Waals surface area contributed by atoms with E-state index >= 15 is 0 Å². The van der Waals surface area contributed by atoms with Gasteiger partial charge in [0.25, 0.3) is 0 Å². The van der Waals surface area contributed by atoms with Gasteiger partial charge >= 0.3 is 0 Å². The van der Waals surface area contributed by atoms with E-state index in [0.29, 0.717) is 5.15 Å². The average molecular weight is 282 g/mol. The Labute approximate surface area is 116 Å². The van der Waals surface area contributed by atoms with Gasteiger partial charge in [0.2, 0.25) is 0 Å². The van der Waals surface area contributed by atoms with Crippen LogP contribution in [0.4, 0.5) is 0 Å². The summed E-state index contributed by atoms with van der Waals surface area (Å²) in [5, 5.41) is 1.74. The van der Waals surface area contributed by atoms with E-state index in [1.54, 1.807) is 11.3 Å². The molecule has 96 valence electrons. The third kappa shape index (κ3) is 1.92. The van der Waals surface area contributed by atoms with Crippen LogP contribution in [0.3, 0.4) is 0 Å². The summed E-state index contributed by atoms with van der Waals surface area (Å²) < 4.78 is 0. The molecule has 0 saturated heterocycles. The van der Waals surface area contributed by atoms with Gasteiger partial charge in [-0.05, 0) is 18.5 Å². The van der Waals surface area contributed by atoms with Crippen LogP contribution in [-0.4, -0.2) is 28.0 Å². The fraction of sp³-hybridized carbons (Fsp3) is 0.538. The Balaban J connectivity index is 2.15. The van der Waals surface area contributed by atoms with E-state index in [1.807, 2.05) is 0 Å². The summed E-state index contributed by atoms with van der Waals surface area (Å²) in [6, 6.07) is 0. The summed E-state index contributed by atoms with van der Waals surface area (Å²) in [7, 11) is 0. The number of likely N-dealkylation sites (N-methyl/N-ethyl adjacent to an activating group) is 1. The number of hydrogen-bond donors (Lipinski definition) is 0. The molecule has 5 heteroatoms. The number of aryl methyl sites for hydroxylation is 1. The molecular formula is C13H16ClN3S. The summed E-state index contributed by atoms with van der Waals surface area (Å²) in [5.74, 6) is 0.846. The summed E-state index contributed by atoms with van der Waals surface area (Å²) in [5.41, 5.74) is 1.38. The molecule has 3 heterocycles. The van der Waals surface area contributed by atoms with Crippen molar-refractivity contribution in [3.63, 3.8) is 0 Å². The van der Waals surface area contributed by atoms with Gasteiger partial charge in [0.05, 0.1) is 5.39 Å². The molecule has 0 bridgehead atoms. The predicted molar refractivity (Wildman–Crippen MR) is 76.5 cm³/mol. The van der Waals surface area contributed by atoms with Crippen molar-refractivity contribution in [3.05, 3.63) is 21.4 Å². The second-order valence-corrected chi connectivity index (χ2v) is 6.03. The minimum Gasteiger partial charge on any atom is -0.298 e. The topological polar surface area (TPSA) is 29.0 Å². The van der Waals surface area contributed by atoms with Gasteiger partial charge in [-0.3, -0.25) is 4.90 Å². The van der Waals surface area contributed by atoms with Gasteiger partial charge in [-0.25, -0.2) is 9.97 Å². The van der Waals surface area contributed by atoms with E-state index in [1.165, 1.54) is 10.4 Å². The largest absolute Gasteiger partial charge is 0.298 e. The van der Waals surface area contributed by atoms with Gasteiger partial charge < -0.3 is 0 Å². The lowest BCUT2D eigenvalue weighted by Gasteiger charge is -2.25. The molecule has 0 amide bonds. The molecule has 3 nitrogen and oxygen atoms in total. The summed E-state index contributed by atoms with van der Waals surface area (Å²) >= 11 is 8.12. The maximum absolute atomic E-state index is 6.33. The number of rotatable bonds is 2. The van der Waals surface area contributed by atoms with Gasteiger partial charge in [0, 0.05) is 24.4 Å². The lowest BCUT2D eigenvalue weighted by molar-refractivity contribution is 0.272. The fourth-order valence-electron chi connectivity index (χ4n) is 2.47. The SMILES string of the molecule is CCc1nc(Cl)c2c3c(sc2n1)CN(CC)CC3. The van der Waals surface area contributed by atoms with Crippen molar-refractivity contribution in [2.24, 2.45) is 0 Å². The molecule has 0 fully saturated rings. The Bertz CT molecular complexity index is 593. The number of hydrogen-bond acceptors (Lipinski definition) is 4. The standard InChI is InChI=1S/C13H16ClN3S/c1-3-10-15-12(14)11-8-5-6-17(4-2)7-9(8)18-13(11)16-10/h3-7H2,1-2H3. The summed E-state index contributed by atoms with van der Waals surface area (Å²) in [4.78, 5) is 13.9. The molecule has 0 unspecified atom stereocenters. The molecule has 3 rings (SSSR count). The molecule has 2 aromatic rings. The molecule has 1 aliphatic rings. The van der Waals surface area contributed by atoms with Gasteiger partial charge in [-0.1, -0.05) is 25.4 Å². The molecule has 0 spiro atoms. The van der Waals surface area contributed by atoms with Crippen LogP contribution in [0.2, 0.25) is 5.15 Å². The summed E-state index contributed by atoms with van der Waals surface area (Å²) in [6.07, 6.45) is 1.90. The normalized spacial score (nSPS) is 16.2. The van der Waals surface area contributed by atoms with Crippen molar-refractivity contribution < 1.29 is 0 Å². The maximum atomic E-state index is 6.33. The third-order valence-corrected chi connectivity index (χ3v) is 4.93. The molecule has 18 heavy (non-hydrogen) atoms. The van der Waals surface area contributed by atoms with Crippen LogP contribution in [0.1, 0.15) is 30.1 Å². The van der Waals surface area contributed by atoms with Crippen molar-refractivity contribution in [3.8, 4) is 0 Å².